The molecule has 0 spiro atoms. The first-order valence-electron chi connectivity index (χ1n) is 7.90. The van der Waals surface area contributed by atoms with Crippen molar-refractivity contribution in [3.63, 3.8) is 0 Å². The number of hydrogen-bond donors (Lipinski definition) is 4. The first-order chi connectivity index (χ1) is 12.6. The zero-order valence-electron chi connectivity index (χ0n) is 13.7. The van der Waals surface area contributed by atoms with E-state index in [-0.39, 0.29) is 11.1 Å². The van der Waals surface area contributed by atoms with Crippen LogP contribution >= 0.6 is 0 Å². The number of halogens is 3. The van der Waals surface area contributed by atoms with Crippen LogP contribution in [0.15, 0.2) is 54.6 Å². The van der Waals surface area contributed by atoms with Crippen molar-refractivity contribution in [1.82, 2.24) is 10.6 Å². The Labute approximate surface area is 151 Å². The maximum Gasteiger partial charge on any atom is 0.437 e. The highest BCUT2D eigenvalue weighted by atomic mass is 19.4. The minimum atomic E-state index is -5.34. The van der Waals surface area contributed by atoms with Crippen molar-refractivity contribution in [3.05, 3.63) is 65.7 Å². The summed E-state index contributed by atoms with van der Waals surface area (Å²) in [7, 11) is 0. The van der Waals surface area contributed by atoms with Gasteiger partial charge in [-0.3, -0.25) is 4.79 Å². The minimum Gasteiger partial charge on any atom is -0.508 e. The maximum atomic E-state index is 13.7. The number of nitrogens with one attached hydrogen (secondary N) is 2. The molecule has 2 aromatic carbocycles. The topological polar surface area (TPSA) is 98.7 Å². The Kier molecular flexibility index (Phi) is 4.56. The molecular weight excluding hydrogens is 365 g/mol. The van der Waals surface area contributed by atoms with Gasteiger partial charge in [-0.05, 0) is 6.07 Å². The van der Waals surface area contributed by atoms with Crippen molar-refractivity contribution in [1.29, 1.82) is 0 Å². The molecule has 1 saturated heterocycles. The van der Waals surface area contributed by atoms with E-state index in [9.17, 15) is 33.0 Å². The van der Waals surface area contributed by atoms with Crippen molar-refractivity contribution in [3.8, 4) is 5.75 Å². The molecule has 1 aliphatic heterocycles. The molecule has 0 radical (unpaired) electrons. The highest BCUT2D eigenvalue weighted by molar-refractivity contribution is 6.00. The SMILES string of the molecule is O=C1N[C@H](c2ccccc2O)[C@H](C(=O)c2ccccc2)[C@](O)(C(F)(F)F)N1. The number of Topliss-reactive ketones (excluding diaryl/α,β-unsaturated/α-hetero) is 1. The Hall–Kier alpha value is -3.07. The number of rotatable bonds is 3. The molecular formula is C18H15F3N2O4. The van der Waals surface area contributed by atoms with E-state index >= 15 is 0 Å². The van der Waals surface area contributed by atoms with Crippen LogP contribution in [0.2, 0.25) is 0 Å². The van der Waals surface area contributed by atoms with Gasteiger partial charge in [-0.15, -0.1) is 0 Å². The van der Waals surface area contributed by atoms with E-state index in [1.807, 2.05) is 0 Å². The lowest BCUT2D eigenvalue weighted by molar-refractivity contribution is -0.287. The lowest BCUT2D eigenvalue weighted by atomic mass is 9.77. The van der Waals surface area contributed by atoms with Crippen LogP contribution in [0.5, 0.6) is 5.75 Å². The van der Waals surface area contributed by atoms with Crippen LogP contribution in [0.1, 0.15) is 22.0 Å². The summed E-state index contributed by atoms with van der Waals surface area (Å²) in [5.41, 5.74) is -4.03. The van der Waals surface area contributed by atoms with Crippen molar-refractivity contribution in [2.75, 3.05) is 0 Å². The van der Waals surface area contributed by atoms with Gasteiger partial charge in [0.25, 0.3) is 0 Å². The predicted octanol–water partition coefficient (Wildman–Crippen LogP) is 2.50. The first kappa shape index (κ1) is 18.7. The Morgan fingerprint density at radius 3 is 2.22 bits per heavy atom. The molecule has 0 unspecified atom stereocenters. The minimum absolute atomic E-state index is 0.0801. The van der Waals surface area contributed by atoms with Crippen LogP contribution in [-0.4, -0.2) is 33.9 Å². The standard InChI is InChI=1S/C18H15F3N2O4/c19-18(20,21)17(27)13(15(25)10-6-2-1-3-7-10)14(22-16(26)23-17)11-8-4-5-9-12(11)24/h1-9,13-14,24,27H,(H2,22,23,26)/t13-,14-,17+/m1/s1. The van der Waals surface area contributed by atoms with Crippen LogP contribution in [0.3, 0.4) is 0 Å². The van der Waals surface area contributed by atoms with Crippen LogP contribution in [0.25, 0.3) is 0 Å². The monoisotopic (exact) mass is 380 g/mol. The molecule has 1 heterocycles. The molecule has 1 aliphatic rings. The summed E-state index contributed by atoms with van der Waals surface area (Å²) in [4.78, 5) is 24.8. The predicted molar refractivity (Wildman–Crippen MR) is 87.8 cm³/mol. The largest absolute Gasteiger partial charge is 0.508 e. The number of ketones is 1. The lowest BCUT2D eigenvalue weighted by Crippen LogP contribution is -2.72. The number of amides is 2. The second kappa shape index (κ2) is 6.58. The number of urea groups is 1. The number of benzene rings is 2. The van der Waals surface area contributed by atoms with Gasteiger partial charge in [0, 0.05) is 11.1 Å². The first-order valence-corrected chi connectivity index (χ1v) is 7.90. The average molecular weight is 380 g/mol. The molecule has 0 aliphatic carbocycles. The summed E-state index contributed by atoms with van der Waals surface area (Å²) < 4.78 is 41.1. The van der Waals surface area contributed by atoms with E-state index in [0.29, 0.717) is 0 Å². The third kappa shape index (κ3) is 3.21. The second-order valence-corrected chi connectivity index (χ2v) is 6.11. The summed E-state index contributed by atoms with van der Waals surface area (Å²) in [6.45, 7) is 0. The summed E-state index contributed by atoms with van der Waals surface area (Å²) in [5.74, 6) is -3.64. The van der Waals surface area contributed by atoms with Crippen LogP contribution in [-0.2, 0) is 0 Å². The average Bonchev–Trinajstić information content (AvgIpc) is 2.61. The molecule has 9 heteroatoms. The van der Waals surface area contributed by atoms with Gasteiger partial charge in [-0.2, -0.15) is 13.2 Å². The number of phenolic OH excluding ortho intramolecular Hbond substituents is 1. The Morgan fingerprint density at radius 1 is 1.04 bits per heavy atom. The molecule has 0 aromatic heterocycles. The number of carbonyl (C=O) groups excluding carboxylic acids is 2. The van der Waals surface area contributed by atoms with Gasteiger partial charge < -0.3 is 20.8 Å². The van der Waals surface area contributed by atoms with E-state index in [1.54, 1.807) is 6.07 Å². The zero-order chi connectivity index (χ0) is 19.8. The molecule has 1 fully saturated rings. The normalized spacial score (nSPS) is 25.4. The highest BCUT2D eigenvalue weighted by Gasteiger charge is 2.66. The highest BCUT2D eigenvalue weighted by Crippen LogP contribution is 2.45. The second-order valence-electron chi connectivity index (χ2n) is 6.11. The molecule has 4 N–H and O–H groups in total. The van der Waals surface area contributed by atoms with Crippen molar-refractivity contribution < 1.29 is 33.0 Å². The fourth-order valence-corrected chi connectivity index (χ4v) is 3.13. The number of carbonyl (C=O) groups is 2. The molecule has 3 atom stereocenters. The molecule has 0 saturated carbocycles. The number of alkyl halides is 3. The quantitative estimate of drug-likeness (QED) is 0.615. The molecule has 27 heavy (non-hydrogen) atoms. The Bertz CT molecular complexity index is 872. The molecule has 6 nitrogen and oxygen atoms in total. The van der Waals surface area contributed by atoms with Gasteiger partial charge in [-0.25, -0.2) is 4.79 Å². The van der Waals surface area contributed by atoms with E-state index < -0.39 is 41.4 Å². The van der Waals surface area contributed by atoms with E-state index in [1.165, 1.54) is 53.8 Å². The Morgan fingerprint density at radius 2 is 1.63 bits per heavy atom. The van der Waals surface area contributed by atoms with Crippen molar-refractivity contribution in [2.45, 2.75) is 17.9 Å². The van der Waals surface area contributed by atoms with Crippen LogP contribution < -0.4 is 10.6 Å². The summed E-state index contributed by atoms with van der Waals surface area (Å²) in [6.07, 6.45) is -5.34. The van der Waals surface area contributed by atoms with E-state index in [2.05, 4.69) is 5.32 Å². The van der Waals surface area contributed by atoms with Gasteiger partial charge in [0.2, 0.25) is 5.72 Å². The van der Waals surface area contributed by atoms with Gasteiger partial charge >= 0.3 is 12.2 Å². The van der Waals surface area contributed by atoms with Gasteiger partial charge in [0.1, 0.15) is 11.7 Å². The van der Waals surface area contributed by atoms with E-state index in [0.717, 1.165) is 0 Å². The van der Waals surface area contributed by atoms with Crippen LogP contribution in [0.4, 0.5) is 18.0 Å². The number of para-hydroxylation sites is 1. The van der Waals surface area contributed by atoms with Crippen molar-refractivity contribution >= 4 is 11.8 Å². The van der Waals surface area contributed by atoms with Gasteiger partial charge in [-0.1, -0.05) is 48.5 Å². The van der Waals surface area contributed by atoms with Crippen LogP contribution in [0, 0.1) is 5.92 Å². The zero-order valence-corrected chi connectivity index (χ0v) is 13.7. The molecule has 2 aromatic rings. The lowest BCUT2D eigenvalue weighted by Gasteiger charge is -2.45. The van der Waals surface area contributed by atoms with Gasteiger partial charge in [0.05, 0.1) is 6.04 Å². The molecule has 3 rings (SSSR count). The smallest absolute Gasteiger partial charge is 0.437 e. The maximum absolute atomic E-state index is 13.7. The number of phenols is 1. The third-order valence-corrected chi connectivity index (χ3v) is 4.42. The molecule has 142 valence electrons. The summed E-state index contributed by atoms with van der Waals surface area (Å²) in [5, 5.41) is 24.1. The van der Waals surface area contributed by atoms with E-state index in [4.69, 9.17) is 0 Å². The molecule has 0 bridgehead atoms. The summed E-state index contributed by atoms with van der Waals surface area (Å²) >= 11 is 0. The summed E-state index contributed by atoms with van der Waals surface area (Å²) in [6, 6.07) is 9.52. The Balaban J connectivity index is 2.19. The fourth-order valence-electron chi connectivity index (χ4n) is 3.13. The van der Waals surface area contributed by atoms with Gasteiger partial charge in [0.15, 0.2) is 5.78 Å². The number of aromatic hydroxyl groups is 1. The van der Waals surface area contributed by atoms with Crippen molar-refractivity contribution in [2.24, 2.45) is 5.92 Å². The fraction of sp³-hybridized carbons (Fsp3) is 0.222. The third-order valence-electron chi connectivity index (χ3n) is 4.42. The number of hydrogen-bond acceptors (Lipinski definition) is 4. The number of aliphatic hydroxyl groups is 1. The molecule has 2 amide bonds.